The summed E-state index contributed by atoms with van der Waals surface area (Å²) in [4.78, 5) is 0. The molecule has 1 aliphatic rings. The first-order chi connectivity index (χ1) is 11.7. The van der Waals surface area contributed by atoms with Crippen molar-refractivity contribution in [2.45, 2.75) is 54.6 Å². The Morgan fingerprint density at radius 2 is 1.28 bits per heavy atom. The van der Waals surface area contributed by atoms with E-state index in [9.17, 15) is 0 Å². The van der Waals surface area contributed by atoms with Crippen LogP contribution < -0.4 is 0 Å². The molecule has 0 fully saturated rings. The van der Waals surface area contributed by atoms with Crippen molar-refractivity contribution < 1.29 is 0 Å². The van der Waals surface area contributed by atoms with Gasteiger partial charge in [-0.3, -0.25) is 0 Å². The molecule has 4 heteroatoms. The minimum Gasteiger partial charge on any atom is -0.245 e. The Morgan fingerprint density at radius 3 is 1.60 bits per heavy atom. The van der Waals surface area contributed by atoms with Gasteiger partial charge in [-0.15, -0.1) is 0 Å². The van der Waals surface area contributed by atoms with E-state index in [1.165, 1.54) is 11.4 Å². The molecule has 0 amide bonds. The van der Waals surface area contributed by atoms with Crippen molar-refractivity contribution in [3.05, 3.63) is 59.2 Å². The van der Waals surface area contributed by atoms with Gasteiger partial charge in [0.1, 0.15) is 6.17 Å². The first-order valence-corrected chi connectivity index (χ1v) is 9.09. The Balaban J connectivity index is 2.22. The van der Waals surface area contributed by atoms with E-state index < -0.39 is 0 Å². The van der Waals surface area contributed by atoms with Gasteiger partial charge in [-0.2, -0.15) is 10.2 Å². The highest BCUT2D eigenvalue weighted by Gasteiger charge is 2.40. The predicted molar refractivity (Wildman–Crippen MR) is 103 cm³/mol. The lowest BCUT2D eigenvalue weighted by Gasteiger charge is -2.41. The Morgan fingerprint density at radius 1 is 0.840 bits per heavy atom. The van der Waals surface area contributed by atoms with Crippen molar-refractivity contribution in [1.29, 1.82) is 0 Å². The van der Waals surface area contributed by atoms with Gasteiger partial charge >= 0.3 is 0 Å². The SMILES string of the molecule is Cc1cc(C)n(C([C@H](C2C=CC=C2)C(C)(C)C)n2nc(C)cc2C)n1. The Labute approximate surface area is 151 Å². The van der Waals surface area contributed by atoms with Crippen LogP contribution in [0.15, 0.2) is 36.4 Å². The second-order valence-electron chi connectivity index (χ2n) is 8.40. The van der Waals surface area contributed by atoms with Crippen molar-refractivity contribution in [3.8, 4) is 0 Å². The van der Waals surface area contributed by atoms with E-state index in [1.54, 1.807) is 0 Å². The summed E-state index contributed by atoms with van der Waals surface area (Å²) >= 11 is 0. The molecule has 0 spiro atoms. The Hall–Kier alpha value is -2.10. The highest BCUT2D eigenvalue weighted by Crippen LogP contribution is 2.43. The maximum absolute atomic E-state index is 4.85. The minimum atomic E-state index is 0.0415. The molecule has 0 saturated heterocycles. The largest absolute Gasteiger partial charge is 0.245 e. The van der Waals surface area contributed by atoms with Crippen LogP contribution in [0.1, 0.15) is 49.7 Å². The van der Waals surface area contributed by atoms with Gasteiger partial charge in [-0.1, -0.05) is 45.1 Å². The molecule has 1 aliphatic carbocycles. The van der Waals surface area contributed by atoms with E-state index in [0.717, 1.165) is 11.4 Å². The maximum Gasteiger partial charge on any atom is 0.148 e. The lowest BCUT2D eigenvalue weighted by molar-refractivity contribution is 0.0952. The molecule has 0 unspecified atom stereocenters. The molecule has 3 rings (SSSR count). The second kappa shape index (κ2) is 6.32. The molecular formula is C21H30N4. The zero-order chi connectivity index (χ0) is 18.4. The summed E-state index contributed by atoms with van der Waals surface area (Å²) in [6.45, 7) is 15.4. The van der Waals surface area contributed by atoms with Crippen molar-refractivity contribution in [2.75, 3.05) is 0 Å². The van der Waals surface area contributed by atoms with E-state index >= 15 is 0 Å². The Bertz CT molecular complexity index is 755. The molecular weight excluding hydrogens is 308 g/mol. The molecule has 0 N–H and O–H groups in total. The van der Waals surface area contributed by atoms with Gasteiger partial charge in [-0.25, -0.2) is 9.36 Å². The van der Waals surface area contributed by atoms with Crippen molar-refractivity contribution >= 4 is 0 Å². The van der Waals surface area contributed by atoms with Crippen molar-refractivity contribution in [1.82, 2.24) is 19.6 Å². The van der Waals surface area contributed by atoms with Gasteiger partial charge in [0.25, 0.3) is 0 Å². The van der Waals surface area contributed by atoms with Crippen LogP contribution in [0.4, 0.5) is 0 Å². The fourth-order valence-electron chi connectivity index (χ4n) is 4.15. The smallest absolute Gasteiger partial charge is 0.148 e. The molecule has 134 valence electrons. The van der Waals surface area contributed by atoms with Gasteiger partial charge in [0.2, 0.25) is 0 Å². The number of aromatic nitrogens is 4. The number of hydrogen-bond donors (Lipinski definition) is 0. The summed E-state index contributed by atoms with van der Waals surface area (Å²) in [5.74, 6) is 0.705. The fourth-order valence-corrected chi connectivity index (χ4v) is 4.15. The summed E-state index contributed by atoms with van der Waals surface area (Å²) < 4.78 is 4.34. The van der Waals surface area contributed by atoms with Crippen LogP contribution in [0.3, 0.4) is 0 Å². The standard InChI is InChI=1S/C21H30N4/c1-14-12-16(3)24(22-14)20(25-17(4)13-15(2)23-25)19(21(5,6)7)18-10-8-9-11-18/h8-13,18-20H,1-7H3/t19-/m0/s1. The van der Waals surface area contributed by atoms with Crippen LogP contribution in [-0.2, 0) is 0 Å². The average molecular weight is 338 g/mol. The van der Waals surface area contributed by atoms with Crippen LogP contribution in [0, 0.1) is 44.9 Å². The van der Waals surface area contributed by atoms with Gasteiger partial charge < -0.3 is 0 Å². The minimum absolute atomic E-state index is 0.0415. The lowest BCUT2D eigenvalue weighted by atomic mass is 9.71. The summed E-state index contributed by atoms with van der Waals surface area (Å²) in [6.07, 6.45) is 8.96. The van der Waals surface area contributed by atoms with Crippen LogP contribution in [-0.4, -0.2) is 19.6 Å². The molecule has 1 atom stereocenters. The average Bonchev–Trinajstić information content (AvgIpc) is 3.17. The monoisotopic (exact) mass is 338 g/mol. The van der Waals surface area contributed by atoms with E-state index in [0.29, 0.717) is 11.8 Å². The fraction of sp³-hybridized carbons (Fsp3) is 0.524. The zero-order valence-electron chi connectivity index (χ0n) is 16.5. The maximum atomic E-state index is 4.85. The van der Waals surface area contributed by atoms with E-state index in [-0.39, 0.29) is 11.6 Å². The zero-order valence-corrected chi connectivity index (χ0v) is 16.5. The molecule has 0 aromatic carbocycles. The number of rotatable bonds is 4. The van der Waals surface area contributed by atoms with E-state index in [1.807, 2.05) is 0 Å². The van der Waals surface area contributed by atoms with E-state index in [2.05, 4.69) is 94.3 Å². The molecule has 0 saturated carbocycles. The summed E-state index contributed by atoms with van der Waals surface area (Å²) in [6, 6.07) is 4.30. The third-order valence-electron chi connectivity index (χ3n) is 5.10. The summed E-state index contributed by atoms with van der Waals surface area (Å²) in [7, 11) is 0. The van der Waals surface area contributed by atoms with Crippen molar-refractivity contribution in [2.24, 2.45) is 17.3 Å². The number of hydrogen-bond acceptors (Lipinski definition) is 2. The van der Waals surface area contributed by atoms with Crippen LogP contribution in [0.2, 0.25) is 0 Å². The van der Waals surface area contributed by atoms with Gasteiger partial charge in [0.15, 0.2) is 0 Å². The van der Waals surface area contributed by atoms with E-state index in [4.69, 9.17) is 10.2 Å². The third-order valence-corrected chi connectivity index (χ3v) is 5.10. The second-order valence-corrected chi connectivity index (χ2v) is 8.40. The number of nitrogens with zero attached hydrogens (tertiary/aromatic N) is 4. The van der Waals surface area contributed by atoms with Gasteiger partial charge in [0.05, 0.1) is 11.4 Å². The molecule has 2 heterocycles. The predicted octanol–water partition coefficient (Wildman–Crippen LogP) is 4.76. The topological polar surface area (TPSA) is 35.6 Å². The van der Waals surface area contributed by atoms with Crippen LogP contribution in [0.25, 0.3) is 0 Å². The van der Waals surface area contributed by atoms with Gasteiger partial charge in [-0.05, 0) is 45.2 Å². The van der Waals surface area contributed by atoms with Crippen LogP contribution in [0.5, 0.6) is 0 Å². The summed E-state index contributed by atoms with van der Waals surface area (Å²) in [5, 5.41) is 9.70. The molecule has 2 aromatic heterocycles. The highest BCUT2D eigenvalue weighted by molar-refractivity contribution is 5.21. The quantitative estimate of drug-likeness (QED) is 0.805. The number of aryl methyl sites for hydroxylation is 4. The molecule has 0 bridgehead atoms. The lowest BCUT2D eigenvalue weighted by Crippen LogP contribution is -2.40. The summed E-state index contributed by atoms with van der Waals surface area (Å²) in [5.41, 5.74) is 4.54. The normalized spacial score (nSPS) is 16.3. The highest BCUT2D eigenvalue weighted by atomic mass is 15.5. The van der Waals surface area contributed by atoms with Crippen molar-refractivity contribution in [3.63, 3.8) is 0 Å². The molecule has 0 radical (unpaired) electrons. The third kappa shape index (κ3) is 3.35. The first kappa shape index (κ1) is 17.7. The van der Waals surface area contributed by atoms with Crippen LogP contribution >= 0.6 is 0 Å². The number of allylic oxidation sites excluding steroid dienone is 4. The van der Waals surface area contributed by atoms with Gasteiger partial charge in [0, 0.05) is 23.2 Å². The molecule has 25 heavy (non-hydrogen) atoms. The first-order valence-electron chi connectivity index (χ1n) is 9.09. The molecule has 0 aliphatic heterocycles. The molecule has 2 aromatic rings. The Kier molecular flexibility index (Phi) is 4.48. The molecule has 4 nitrogen and oxygen atoms in total.